The fraction of sp³-hybridized carbons (Fsp3) is 0.600. The summed E-state index contributed by atoms with van der Waals surface area (Å²) in [6.45, 7) is 0. The largest absolute Gasteiger partial charge is 0.126 e. The molecule has 0 N–H and O–H groups in total. The Hall–Kier alpha value is -0.200. The zero-order chi connectivity index (χ0) is 11.9. The van der Waals surface area contributed by atoms with Crippen LogP contribution in [0.1, 0.15) is 31.2 Å². The van der Waals surface area contributed by atoms with Crippen LogP contribution in [0.4, 0.5) is 0 Å². The molecule has 1 aromatic rings. The molecule has 3 unspecified atom stereocenters. The maximum Gasteiger partial charge on any atom is 0.0406 e. The second-order valence-electron chi connectivity index (χ2n) is 5.88. The SMILES string of the molecule is ClCC1(Cc2ccc(Cl)cc2)CC2CCC1C2. The molecule has 0 spiro atoms. The lowest BCUT2D eigenvalue weighted by molar-refractivity contribution is 0.193. The van der Waals surface area contributed by atoms with Crippen LogP contribution in [0.15, 0.2) is 24.3 Å². The van der Waals surface area contributed by atoms with Gasteiger partial charge in [-0.3, -0.25) is 0 Å². The van der Waals surface area contributed by atoms with Gasteiger partial charge in [-0.1, -0.05) is 30.2 Å². The van der Waals surface area contributed by atoms with E-state index in [1.807, 2.05) is 12.1 Å². The number of rotatable bonds is 3. The first-order chi connectivity index (χ1) is 8.22. The summed E-state index contributed by atoms with van der Waals surface area (Å²) in [7, 11) is 0. The Morgan fingerprint density at radius 3 is 2.47 bits per heavy atom. The monoisotopic (exact) mass is 268 g/mol. The molecule has 0 aliphatic heterocycles. The first-order valence-corrected chi connectivity index (χ1v) is 7.43. The molecule has 0 aromatic heterocycles. The topological polar surface area (TPSA) is 0 Å². The van der Waals surface area contributed by atoms with Gasteiger partial charge < -0.3 is 0 Å². The van der Waals surface area contributed by atoms with Crippen LogP contribution in [-0.4, -0.2) is 5.88 Å². The quantitative estimate of drug-likeness (QED) is 0.683. The number of hydrogen-bond acceptors (Lipinski definition) is 0. The lowest BCUT2D eigenvalue weighted by atomic mass is 9.71. The highest BCUT2D eigenvalue weighted by Crippen LogP contribution is 2.57. The van der Waals surface area contributed by atoms with Crippen LogP contribution in [0.3, 0.4) is 0 Å². The molecule has 2 heteroatoms. The van der Waals surface area contributed by atoms with Crippen molar-refractivity contribution in [1.82, 2.24) is 0 Å². The highest BCUT2D eigenvalue weighted by molar-refractivity contribution is 6.30. The lowest BCUT2D eigenvalue weighted by Gasteiger charge is -2.36. The fourth-order valence-electron chi connectivity index (χ4n) is 3.99. The summed E-state index contributed by atoms with van der Waals surface area (Å²) in [5.74, 6) is 2.63. The standard InChI is InChI=1S/C15H18Cl2/c16-10-15(9-12-1-4-13(15)7-12)8-11-2-5-14(17)6-3-11/h2-3,5-6,12-13H,1,4,7-10H2. The second-order valence-corrected chi connectivity index (χ2v) is 6.58. The van der Waals surface area contributed by atoms with Gasteiger partial charge in [0.1, 0.15) is 0 Å². The normalized spacial score (nSPS) is 35.4. The van der Waals surface area contributed by atoms with Gasteiger partial charge in [-0.05, 0) is 60.6 Å². The third-order valence-electron chi connectivity index (χ3n) is 4.84. The molecule has 17 heavy (non-hydrogen) atoms. The Morgan fingerprint density at radius 1 is 1.18 bits per heavy atom. The molecule has 3 atom stereocenters. The summed E-state index contributed by atoms with van der Waals surface area (Å²) < 4.78 is 0. The molecular formula is C15H18Cl2. The van der Waals surface area contributed by atoms with Crippen molar-refractivity contribution in [2.45, 2.75) is 32.1 Å². The second kappa shape index (κ2) is 4.48. The number of fused-ring (bicyclic) bond motifs is 2. The molecule has 2 bridgehead atoms. The van der Waals surface area contributed by atoms with Gasteiger partial charge in [0.2, 0.25) is 0 Å². The van der Waals surface area contributed by atoms with E-state index in [1.54, 1.807) is 0 Å². The molecular weight excluding hydrogens is 251 g/mol. The van der Waals surface area contributed by atoms with Gasteiger partial charge in [0, 0.05) is 10.9 Å². The van der Waals surface area contributed by atoms with E-state index in [2.05, 4.69) is 12.1 Å². The molecule has 0 heterocycles. The van der Waals surface area contributed by atoms with Crippen molar-refractivity contribution in [2.24, 2.45) is 17.3 Å². The number of benzene rings is 1. The summed E-state index contributed by atoms with van der Waals surface area (Å²) in [6, 6.07) is 8.29. The molecule has 2 aliphatic rings. The van der Waals surface area contributed by atoms with E-state index in [1.165, 1.54) is 31.2 Å². The van der Waals surface area contributed by atoms with Crippen molar-refractivity contribution in [3.8, 4) is 0 Å². The average molecular weight is 269 g/mol. The van der Waals surface area contributed by atoms with Crippen molar-refractivity contribution in [3.63, 3.8) is 0 Å². The molecule has 0 saturated heterocycles. The van der Waals surface area contributed by atoms with Gasteiger partial charge in [-0.15, -0.1) is 11.6 Å². The van der Waals surface area contributed by atoms with Crippen LogP contribution in [-0.2, 0) is 6.42 Å². The Morgan fingerprint density at radius 2 is 1.94 bits per heavy atom. The Balaban J connectivity index is 1.80. The van der Waals surface area contributed by atoms with E-state index >= 15 is 0 Å². The minimum Gasteiger partial charge on any atom is -0.126 e. The Bertz CT molecular complexity index is 398. The zero-order valence-corrected chi connectivity index (χ0v) is 11.5. The predicted octanol–water partition coefficient (Wildman–Crippen LogP) is 4.93. The van der Waals surface area contributed by atoms with Crippen LogP contribution in [0.2, 0.25) is 5.02 Å². The van der Waals surface area contributed by atoms with E-state index in [4.69, 9.17) is 23.2 Å². The summed E-state index contributed by atoms with van der Waals surface area (Å²) in [4.78, 5) is 0. The van der Waals surface area contributed by atoms with Crippen molar-refractivity contribution < 1.29 is 0 Å². The van der Waals surface area contributed by atoms with E-state index < -0.39 is 0 Å². The van der Waals surface area contributed by atoms with Crippen LogP contribution >= 0.6 is 23.2 Å². The molecule has 3 rings (SSSR count). The zero-order valence-electron chi connectivity index (χ0n) is 9.96. The summed E-state index contributed by atoms with van der Waals surface area (Å²) in [5.41, 5.74) is 1.76. The molecule has 0 nitrogen and oxygen atoms in total. The van der Waals surface area contributed by atoms with E-state index in [0.717, 1.165) is 29.2 Å². The highest BCUT2D eigenvalue weighted by Gasteiger charge is 2.49. The molecule has 92 valence electrons. The molecule has 2 aliphatic carbocycles. The Kier molecular flexibility index (Phi) is 3.13. The smallest absolute Gasteiger partial charge is 0.0406 e. The van der Waals surface area contributed by atoms with Crippen molar-refractivity contribution in [1.29, 1.82) is 0 Å². The van der Waals surface area contributed by atoms with E-state index in [0.29, 0.717) is 5.41 Å². The van der Waals surface area contributed by atoms with Gasteiger partial charge in [-0.2, -0.15) is 0 Å². The third kappa shape index (κ3) is 2.11. The summed E-state index contributed by atoms with van der Waals surface area (Å²) >= 11 is 12.2. The summed E-state index contributed by atoms with van der Waals surface area (Å²) in [6.07, 6.45) is 6.72. The molecule has 0 amide bonds. The minimum absolute atomic E-state index is 0.373. The van der Waals surface area contributed by atoms with Gasteiger partial charge in [-0.25, -0.2) is 0 Å². The predicted molar refractivity (Wildman–Crippen MR) is 73.8 cm³/mol. The maximum atomic E-state index is 6.31. The van der Waals surface area contributed by atoms with Gasteiger partial charge in [0.05, 0.1) is 0 Å². The van der Waals surface area contributed by atoms with Crippen LogP contribution < -0.4 is 0 Å². The third-order valence-corrected chi connectivity index (χ3v) is 5.62. The van der Waals surface area contributed by atoms with Gasteiger partial charge >= 0.3 is 0 Å². The average Bonchev–Trinajstić information content (AvgIpc) is 2.93. The molecule has 2 saturated carbocycles. The minimum atomic E-state index is 0.373. The Labute approximate surface area is 113 Å². The first kappa shape index (κ1) is 11.9. The van der Waals surface area contributed by atoms with Crippen LogP contribution in [0.5, 0.6) is 0 Å². The van der Waals surface area contributed by atoms with Gasteiger partial charge in [0.15, 0.2) is 0 Å². The lowest BCUT2D eigenvalue weighted by Crippen LogP contribution is -2.32. The number of hydrogen-bond donors (Lipinski definition) is 0. The van der Waals surface area contributed by atoms with Gasteiger partial charge in [0.25, 0.3) is 0 Å². The molecule has 0 radical (unpaired) electrons. The maximum absolute atomic E-state index is 6.31. The molecule has 2 fully saturated rings. The molecule has 1 aromatic carbocycles. The van der Waals surface area contributed by atoms with Crippen molar-refractivity contribution >= 4 is 23.2 Å². The van der Waals surface area contributed by atoms with Crippen LogP contribution in [0.25, 0.3) is 0 Å². The van der Waals surface area contributed by atoms with Crippen molar-refractivity contribution in [2.75, 3.05) is 5.88 Å². The highest BCUT2D eigenvalue weighted by atomic mass is 35.5. The fourth-order valence-corrected chi connectivity index (χ4v) is 4.54. The summed E-state index contributed by atoms with van der Waals surface area (Å²) in [5, 5.41) is 0.821. The van der Waals surface area contributed by atoms with Crippen LogP contribution in [0, 0.1) is 17.3 Å². The van der Waals surface area contributed by atoms with E-state index in [-0.39, 0.29) is 0 Å². The van der Waals surface area contributed by atoms with E-state index in [9.17, 15) is 0 Å². The number of alkyl halides is 1. The number of halogens is 2. The van der Waals surface area contributed by atoms with Crippen molar-refractivity contribution in [3.05, 3.63) is 34.9 Å². The first-order valence-electron chi connectivity index (χ1n) is 6.52.